The summed E-state index contributed by atoms with van der Waals surface area (Å²) in [5.41, 5.74) is -1.61. The minimum absolute atomic E-state index is 0.0562. The van der Waals surface area contributed by atoms with Crippen LogP contribution >= 0.6 is 15.9 Å². The van der Waals surface area contributed by atoms with Gasteiger partial charge in [0.25, 0.3) is 0 Å². The molecule has 2 rings (SSSR count). The molecule has 0 spiro atoms. The molecule has 1 heterocycles. The van der Waals surface area contributed by atoms with Gasteiger partial charge in [-0.3, -0.25) is 0 Å². The highest BCUT2D eigenvalue weighted by Gasteiger charge is 2.55. The molecular weight excluding hydrogens is 321 g/mol. The minimum atomic E-state index is -4.55. The standard InChI is InChI=1S/C13H10BrF3N2/c14-9-10-4-3-5-11(8-10)12(13(15,16)17)6-1-2-7-18-19-12/h1-8H,9H2. The van der Waals surface area contributed by atoms with E-state index in [0.717, 1.165) is 11.6 Å². The second-order valence-corrected chi connectivity index (χ2v) is 4.57. The lowest BCUT2D eigenvalue weighted by molar-refractivity contribution is -0.175. The van der Waals surface area contributed by atoms with Gasteiger partial charge in [0.2, 0.25) is 5.54 Å². The van der Waals surface area contributed by atoms with Crippen molar-refractivity contribution in [3.63, 3.8) is 0 Å². The highest BCUT2D eigenvalue weighted by Crippen LogP contribution is 2.44. The molecule has 0 bridgehead atoms. The van der Waals surface area contributed by atoms with Gasteiger partial charge in [0.1, 0.15) is 0 Å². The van der Waals surface area contributed by atoms with Crippen LogP contribution in [-0.4, -0.2) is 6.18 Å². The topological polar surface area (TPSA) is 24.7 Å². The Morgan fingerprint density at radius 2 is 2.00 bits per heavy atom. The van der Waals surface area contributed by atoms with Crippen molar-refractivity contribution >= 4 is 15.9 Å². The zero-order valence-electron chi connectivity index (χ0n) is 9.73. The maximum absolute atomic E-state index is 13.5. The third kappa shape index (κ3) is 2.63. The summed E-state index contributed by atoms with van der Waals surface area (Å²) < 4.78 is 40.4. The second kappa shape index (κ2) is 5.28. The lowest BCUT2D eigenvalue weighted by Gasteiger charge is -2.28. The Balaban J connectivity index is 2.61. The summed E-state index contributed by atoms with van der Waals surface area (Å²) in [6, 6.07) is 6.23. The summed E-state index contributed by atoms with van der Waals surface area (Å²) in [5, 5.41) is 7.44. The van der Waals surface area contributed by atoms with Crippen LogP contribution in [0.4, 0.5) is 13.2 Å². The predicted octanol–water partition coefficient (Wildman–Crippen LogP) is 4.87. The summed E-state index contributed by atoms with van der Waals surface area (Å²) in [7, 11) is 0. The molecule has 1 unspecified atom stereocenters. The fourth-order valence-corrected chi connectivity index (χ4v) is 2.15. The van der Waals surface area contributed by atoms with E-state index < -0.39 is 11.7 Å². The van der Waals surface area contributed by atoms with Crippen molar-refractivity contribution in [1.29, 1.82) is 0 Å². The number of rotatable bonds is 2. The third-order valence-corrected chi connectivity index (χ3v) is 3.42. The van der Waals surface area contributed by atoms with Crippen LogP contribution in [0.2, 0.25) is 0 Å². The molecule has 1 atom stereocenters. The molecule has 0 aromatic heterocycles. The van der Waals surface area contributed by atoms with Gasteiger partial charge in [0.05, 0.1) is 0 Å². The van der Waals surface area contributed by atoms with E-state index in [1.54, 1.807) is 12.1 Å². The van der Waals surface area contributed by atoms with Crippen LogP contribution in [0.3, 0.4) is 0 Å². The van der Waals surface area contributed by atoms with E-state index in [2.05, 4.69) is 26.2 Å². The predicted molar refractivity (Wildman–Crippen MR) is 69.9 cm³/mol. The normalized spacial score (nSPS) is 22.5. The third-order valence-electron chi connectivity index (χ3n) is 2.77. The van der Waals surface area contributed by atoms with Crippen LogP contribution in [0.25, 0.3) is 0 Å². The van der Waals surface area contributed by atoms with Crippen molar-refractivity contribution in [1.82, 2.24) is 0 Å². The number of nitrogens with zero attached hydrogens (tertiary/aromatic N) is 2. The number of hydrogen-bond acceptors (Lipinski definition) is 2. The molecule has 1 aromatic carbocycles. The van der Waals surface area contributed by atoms with Crippen LogP contribution in [-0.2, 0) is 10.9 Å². The van der Waals surface area contributed by atoms with E-state index in [-0.39, 0.29) is 5.56 Å². The summed E-state index contributed by atoms with van der Waals surface area (Å²) in [4.78, 5) is 0. The van der Waals surface area contributed by atoms with Gasteiger partial charge >= 0.3 is 6.18 Å². The second-order valence-electron chi connectivity index (χ2n) is 4.01. The number of halogens is 4. The van der Waals surface area contributed by atoms with E-state index >= 15 is 0 Å². The molecule has 100 valence electrons. The molecule has 0 saturated heterocycles. The summed E-state index contributed by atoms with van der Waals surface area (Å²) >= 11 is 3.23. The molecule has 0 N–H and O–H groups in total. The lowest BCUT2D eigenvalue weighted by Crippen LogP contribution is -2.38. The first-order chi connectivity index (χ1) is 8.99. The highest BCUT2D eigenvalue weighted by molar-refractivity contribution is 9.08. The molecule has 19 heavy (non-hydrogen) atoms. The van der Waals surface area contributed by atoms with Gasteiger partial charge in [-0.2, -0.15) is 23.4 Å². The number of hydrogen-bond donors (Lipinski definition) is 0. The van der Waals surface area contributed by atoms with Gasteiger partial charge in [-0.05, 0) is 23.3 Å². The summed E-state index contributed by atoms with van der Waals surface area (Å²) in [6.07, 6.45) is 0.440. The van der Waals surface area contributed by atoms with Crippen molar-refractivity contribution in [2.45, 2.75) is 17.0 Å². The van der Waals surface area contributed by atoms with Crippen LogP contribution in [0.1, 0.15) is 11.1 Å². The average Bonchev–Trinajstić information content (AvgIpc) is 2.64. The number of allylic oxidation sites excluding steroid dienone is 2. The van der Waals surface area contributed by atoms with E-state index in [1.165, 1.54) is 30.5 Å². The maximum Gasteiger partial charge on any atom is 0.423 e. The molecule has 6 heteroatoms. The minimum Gasteiger partial charge on any atom is -0.168 e. The fraction of sp³-hybridized carbons (Fsp3) is 0.231. The van der Waals surface area contributed by atoms with Crippen LogP contribution in [0.15, 0.2) is 58.9 Å². The van der Waals surface area contributed by atoms with Crippen molar-refractivity contribution in [3.8, 4) is 0 Å². The summed E-state index contributed by atoms with van der Waals surface area (Å²) in [6.45, 7) is 0. The number of benzene rings is 1. The molecule has 1 aliphatic rings. The number of alkyl halides is 4. The molecule has 0 aliphatic carbocycles. The largest absolute Gasteiger partial charge is 0.423 e. The first-order valence-corrected chi connectivity index (χ1v) is 6.60. The Bertz CT molecular complexity index is 531. The Morgan fingerprint density at radius 1 is 1.21 bits per heavy atom. The van der Waals surface area contributed by atoms with E-state index in [0.29, 0.717) is 5.33 Å². The van der Waals surface area contributed by atoms with Crippen molar-refractivity contribution < 1.29 is 13.2 Å². The molecule has 2 nitrogen and oxygen atoms in total. The zero-order valence-corrected chi connectivity index (χ0v) is 11.3. The summed E-state index contributed by atoms with van der Waals surface area (Å²) in [5.74, 6) is 0. The van der Waals surface area contributed by atoms with Gasteiger partial charge in [0, 0.05) is 11.5 Å². The molecule has 1 aromatic rings. The van der Waals surface area contributed by atoms with Gasteiger partial charge in [-0.1, -0.05) is 46.3 Å². The monoisotopic (exact) mass is 330 g/mol. The van der Waals surface area contributed by atoms with Gasteiger partial charge < -0.3 is 0 Å². The number of azo groups is 1. The molecule has 0 amide bonds. The Labute approximate surface area is 116 Å². The first-order valence-electron chi connectivity index (χ1n) is 5.48. The Hall–Kier alpha value is -1.43. The van der Waals surface area contributed by atoms with Crippen molar-refractivity contribution in [2.75, 3.05) is 0 Å². The Morgan fingerprint density at radius 3 is 2.68 bits per heavy atom. The van der Waals surface area contributed by atoms with Gasteiger partial charge in [-0.25, -0.2) is 0 Å². The quantitative estimate of drug-likeness (QED) is 0.691. The lowest BCUT2D eigenvalue weighted by atomic mass is 9.88. The molecule has 0 radical (unpaired) electrons. The van der Waals surface area contributed by atoms with E-state index in [4.69, 9.17) is 0 Å². The van der Waals surface area contributed by atoms with Crippen LogP contribution in [0, 0.1) is 0 Å². The molecular formula is C13H10BrF3N2. The zero-order chi connectivity index (χ0) is 13.9. The van der Waals surface area contributed by atoms with Crippen molar-refractivity contribution in [2.24, 2.45) is 10.2 Å². The van der Waals surface area contributed by atoms with Crippen LogP contribution < -0.4 is 0 Å². The maximum atomic E-state index is 13.5. The molecule has 0 saturated carbocycles. The fourth-order valence-electron chi connectivity index (χ4n) is 1.80. The van der Waals surface area contributed by atoms with E-state index in [1.807, 2.05) is 0 Å². The SMILES string of the molecule is FC(F)(F)C1(c2cccc(CBr)c2)C=CC=CN=N1. The molecule has 0 fully saturated rings. The van der Waals surface area contributed by atoms with E-state index in [9.17, 15) is 13.2 Å². The van der Waals surface area contributed by atoms with Crippen molar-refractivity contribution in [3.05, 3.63) is 59.8 Å². The first kappa shape index (κ1) is 14.0. The smallest absolute Gasteiger partial charge is 0.168 e. The van der Waals surface area contributed by atoms with Gasteiger partial charge in [0.15, 0.2) is 0 Å². The van der Waals surface area contributed by atoms with Crippen LogP contribution in [0.5, 0.6) is 0 Å². The highest BCUT2D eigenvalue weighted by atomic mass is 79.9. The Kier molecular flexibility index (Phi) is 3.89. The van der Waals surface area contributed by atoms with Gasteiger partial charge in [-0.15, -0.1) is 0 Å². The average molecular weight is 331 g/mol. The molecule has 1 aliphatic heterocycles.